The minimum atomic E-state index is -0.244. The first-order valence-electron chi connectivity index (χ1n) is 6.01. The Morgan fingerprint density at radius 1 is 1.42 bits per heavy atom. The Hall–Kier alpha value is -0.420. The van der Waals surface area contributed by atoms with E-state index in [4.69, 9.17) is 11.6 Å². The van der Waals surface area contributed by atoms with Crippen molar-refractivity contribution in [2.75, 3.05) is 6.54 Å². The Kier molecular flexibility index (Phi) is 5.39. The molecule has 0 amide bonds. The molecule has 102 valence electrons. The van der Waals surface area contributed by atoms with E-state index in [0.717, 1.165) is 11.0 Å². The van der Waals surface area contributed by atoms with E-state index in [9.17, 15) is 4.39 Å². The number of rotatable bonds is 5. The summed E-state index contributed by atoms with van der Waals surface area (Å²) in [6.45, 7) is 2.89. The van der Waals surface area contributed by atoms with E-state index in [0.29, 0.717) is 17.0 Å². The molecule has 1 unspecified atom stereocenters. The lowest BCUT2D eigenvalue weighted by molar-refractivity contribution is 0.534. The fourth-order valence-electron chi connectivity index (χ4n) is 1.94. The van der Waals surface area contributed by atoms with Gasteiger partial charge in [-0.1, -0.05) is 24.6 Å². The van der Waals surface area contributed by atoms with Crippen molar-refractivity contribution in [2.45, 2.75) is 19.4 Å². The second kappa shape index (κ2) is 6.84. The SMILES string of the molecule is CCNC(Cc1ccc(Cl)cc1F)c1cc(Br)cs1. The van der Waals surface area contributed by atoms with Gasteiger partial charge in [0.2, 0.25) is 0 Å². The van der Waals surface area contributed by atoms with Crippen molar-refractivity contribution in [1.29, 1.82) is 0 Å². The highest BCUT2D eigenvalue weighted by molar-refractivity contribution is 9.10. The lowest BCUT2D eigenvalue weighted by Gasteiger charge is -2.17. The van der Waals surface area contributed by atoms with E-state index < -0.39 is 0 Å². The Morgan fingerprint density at radius 2 is 2.21 bits per heavy atom. The molecule has 0 aliphatic heterocycles. The van der Waals surface area contributed by atoms with Gasteiger partial charge in [-0.2, -0.15) is 0 Å². The van der Waals surface area contributed by atoms with Crippen LogP contribution in [0.3, 0.4) is 0 Å². The maximum Gasteiger partial charge on any atom is 0.127 e. The molecule has 0 spiro atoms. The molecule has 0 aliphatic carbocycles. The summed E-state index contributed by atoms with van der Waals surface area (Å²) in [5.74, 6) is -0.244. The number of hydrogen-bond donors (Lipinski definition) is 1. The summed E-state index contributed by atoms with van der Waals surface area (Å²) in [5, 5.41) is 5.86. The van der Waals surface area contributed by atoms with Crippen LogP contribution in [-0.4, -0.2) is 6.54 Å². The van der Waals surface area contributed by atoms with Gasteiger partial charge in [0, 0.05) is 25.8 Å². The van der Waals surface area contributed by atoms with E-state index >= 15 is 0 Å². The third kappa shape index (κ3) is 4.02. The number of halogens is 3. The van der Waals surface area contributed by atoms with E-state index in [1.165, 1.54) is 10.9 Å². The van der Waals surface area contributed by atoms with Gasteiger partial charge in [-0.25, -0.2) is 4.39 Å². The first kappa shape index (κ1) is 15.0. The Morgan fingerprint density at radius 3 is 2.79 bits per heavy atom. The predicted octanol–water partition coefficient (Wildman–Crippen LogP) is 5.20. The minimum Gasteiger partial charge on any atom is -0.309 e. The molecule has 1 heterocycles. The van der Waals surface area contributed by atoms with Crippen molar-refractivity contribution in [3.63, 3.8) is 0 Å². The van der Waals surface area contributed by atoms with Gasteiger partial charge in [-0.3, -0.25) is 0 Å². The average Bonchev–Trinajstić information content (AvgIpc) is 2.78. The summed E-state index contributed by atoms with van der Waals surface area (Å²) in [7, 11) is 0. The Balaban J connectivity index is 2.21. The van der Waals surface area contributed by atoms with Gasteiger partial charge in [-0.15, -0.1) is 11.3 Å². The van der Waals surface area contributed by atoms with Gasteiger partial charge in [0.15, 0.2) is 0 Å². The zero-order valence-electron chi connectivity index (χ0n) is 10.4. The molecule has 0 saturated carbocycles. The van der Waals surface area contributed by atoms with E-state index in [1.807, 2.05) is 12.3 Å². The molecule has 0 bridgehead atoms. The van der Waals surface area contributed by atoms with Gasteiger partial charge in [-0.05, 0) is 52.7 Å². The maximum atomic E-state index is 13.9. The lowest BCUT2D eigenvalue weighted by Crippen LogP contribution is -2.22. The zero-order valence-corrected chi connectivity index (χ0v) is 13.6. The third-order valence-corrected chi connectivity index (χ3v) is 4.86. The number of nitrogens with one attached hydrogen (secondary N) is 1. The Bertz CT molecular complexity index is 558. The molecule has 1 atom stereocenters. The van der Waals surface area contributed by atoms with Crippen LogP contribution >= 0.6 is 38.9 Å². The van der Waals surface area contributed by atoms with E-state index in [1.54, 1.807) is 23.5 Å². The Labute approximate surface area is 129 Å². The summed E-state index contributed by atoms with van der Waals surface area (Å²) < 4.78 is 14.9. The van der Waals surface area contributed by atoms with Crippen LogP contribution in [0.1, 0.15) is 23.4 Å². The number of likely N-dealkylation sites (N-methyl/N-ethyl adjacent to an activating group) is 1. The molecule has 0 aliphatic rings. The molecule has 1 N–H and O–H groups in total. The number of benzene rings is 1. The molecule has 0 fully saturated rings. The molecule has 0 saturated heterocycles. The highest BCUT2D eigenvalue weighted by Crippen LogP contribution is 2.29. The van der Waals surface area contributed by atoms with Crippen molar-refractivity contribution in [2.24, 2.45) is 0 Å². The van der Waals surface area contributed by atoms with Crippen LogP contribution in [0.4, 0.5) is 4.39 Å². The van der Waals surface area contributed by atoms with Gasteiger partial charge < -0.3 is 5.32 Å². The number of thiophene rings is 1. The molecular weight excluding hydrogens is 349 g/mol. The molecule has 5 heteroatoms. The van der Waals surface area contributed by atoms with Crippen molar-refractivity contribution < 1.29 is 4.39 Å². The van der Waals surface area contributed by atoms with E-state index in [-0.39, 0.29) is 11.9 Å². The van der Waals surface area contributed by atoms with Crippen molar-refractivity contribution in [3.8, 4) is 0 Å². The maximum absolute atomic E-state index is 13.9. The summed E-state index contributed by atoms with van der Waals surface area (Å²) >= 11 is 10.9. The highest BCUT2D eigenvalue weighted by Gasteiger charge is 2.15. The molecule has 0 radical (unpaired) electrons. The normalized spacial score (nSPS) is 12.6. The molecular formula is C14H14BrClFNS. The van der Waals surface area contributed by atoms with Gasteiger partial charge in [0.05, 0.1) is 0 Å². The first-order chi connectivity index (χ1) is 9.10. The quantitative estimate of drug-likeness (QED) is 0.771. The summed E-state index contributed by atoms with van der Waals surface area (Å²) in [4.78, 5) is 1.20. The van der Waals surface area contributed by atoms with Crippen LogP contribution < -0.4 is 5.32 Å². The zero-order chi connectivity index (χ0) is 13.8. The molecule has 1 nitrogen and oxygen atoms in total. The molecule has 1 aromatic heterocycles. The second-order valence-corrected chi connectivity index (χ2v) is 6.51. The fourth-order valence-corrected chi connectivity index (χ4v) is 3.62. The van der Waals surface area contributed by atoms with Crippen LogP contribution in [0.2, 0.25) is 5.02 Å². The topological polar surface area (TPSA) is 12.0 Å². The number of hydrogen-bond acceptors (Lipinski definition) is 2. The molecule has 2 rings (SSSR count). The lowest BCUT2D eigenvalue weighted by atomic mass is 10.0. The van der Waals surface area contributed by atoms with Crippen molar-refractivity contribution in [1.82, 2.24) is 5.32 Å². The first-order valence-corrected chi connectivity index (χ1v) is 8.06. The van der Waals surface area contributed by atoms with Gasteiger partial charge in [0.1, 0.15) is 5.82 Å². The molecule has 2 aromatic rings. The third-order valence-electron chi connectivity index (χ3n) is 2.82. The van der Waals surface area contributed by atoms with Crippen LogP contribution in [0.5, 0.6) is 0 Å². The molecule has 19 heavy (non-hydrogen) atoms. The van der Waals surface area contributed by atoms with Crippen LogP contribution in [0.25, 0.3) is 0 Å². The monoisotopic (exact) mass is 361 g/mol. The van der Waals surface area contributed by atoms with Crippen molar-refractivity contribution in [3.05, 3.63) is 55.4 Å². The predicted molar refractivity (Wildman–Crippen MR) is 83.6 cm³/mol. The molecule has 1 aromatic carbocycles. The van der Waals surface area contributed by atoms with Crippen LogP contribution in [-0.2, 0) is 6.42 Å². The minimum absolute atomic E-state index is 0.122. The van der Waals surface area contributed by atoms with E-state index in [2.05, 4.69) is 27.3 Å². The second-order valence-electron chi connectivity index (χ2n) is 4.22. The smallest absolute Gasteiger partial charge is 0.127 e. The largest absolute Gasteiger partial charge is 0.309 e. The van der Waals surface area contributed by atoms with Crippen LogP contribution in [0, 0.1) is 5.82 Å². The summed E-state index contributed by atoms with van der Waals surface area (Å²) in [6.07, 6.45) is 0.615. The van der Waals surface area contributed by atoms with Gasteiger partial charge in [0.25, 0.3) is 0 Å². The summed E-state index contributed by atoms with van der Waals surface area (Å²) in [5.41, 5.74) is 0.680. The standard InChI is InChI=1S/C14H14BrClFNS/c1-2-18-13(14-6-10(15)8-19-14)5-9-3-4-11(16)7-12(9)17/h3-4,6-8,13,18H,2,5H2,1H3. The van der Waals surface area contributed by atoms with Gasteiger partial charge >= 0.3 is 0 Å². The highest BCUT2D eigenvalue weighted by atomic mass is 79.9. The van der Waals surface area contributed by atoms with Crippen LogP contribution in [0.15, 0.2) is 34.1 Å². The fraction of sp³-hybridized carbons (Fsp3) is 0.286. The van der Waals surface area contributed by atoms with Crippen molar-refractivity contribution >= 4 is 38.9 Å². The summed E-state index contributed by atoms with van der Waals surface area (Å²) in [6, 6.07) is 7.05. The average molecular weight is 363 g/mol.